The first-order chi connectivity index (χ1) is 7.27. The van der Waals surface area contributed by atoms with Gasteiger partial charge in [-0.1, -0.05) is 6.92 Å². The summed E-state index contributed by atoms with van der Waals surface area (Å²) < 4.78 is 44.5. The minimum absolute atomic E-state index is 0.0548. The summed E-state index contributed by atoms with van der Waals surface area (Å²) in [5, 5.41) is 3.10. The van der Waals surface area contributed by atoms with Gasteiger partial charge in [-0.2, -0.15) is 0 Å². The summed E-state index contributed by atoms with van der Waals surface area (Å²) >= 11 is 0. The van der Waals surface area contributed by atoms with E-state index in [1.54, 1.807) is 0 Å². The molecule has 0 aliphatic carbocycles. The van der Waals surface area contributed by atoms with Crippen molar-refractivity contribution in [1.82, 2.24) is 5.32 Å². The molecule has 0 saturated carbocycles. The Morgan fingerprint density at radius 2 is 1.56 bits per heavy atom. The second kappa shape index (κ2) is 7.24. The highest BCUT2D eigenvalue weighted by molar-refractivity contribution is 7.94. The molecular weight excluding hydrogens is 250 g/mol. The van der Waals surface area contributed by atoms with Crippen molar-refractivity contribution in [2.45, 2.75) is 19.8 Å². The van der Waals surface area contributed by atoms with Crippen molar-refractivity contribution in [3.8, 4) is 0 Å². The zero-order valence-corrected chi connectivity index (χ0v) is 11.5. The van der Waals surface area contributed by atoms with Gasteiger partial charge in [-0.05, 0) is 25.9 Å². The molecule has 5 nitrogen and oxygen atoms in total. The number of rotatable bonds is 9. The van der Waals surface area contributed by atoms with Crippen molar-refractivity contribution < 1.29 is 16.8 Å². The van der Waals surface area contributed by atoms with Gasteiger partial charge in [-0.25, -0.2) is 16.8 Å². The molecule has 0 radical (unpaired) electrons. The van der Waals surface area contributed by atoms with Gasteiger partial charge in [0.1, 0.15) is 9.84 Å². The lowest BCUT2D eigenvalue weighted by molar-refractivity contribution is 0.585. The number of nitrogens with one attached hydrogen (secondary N) is 1. The number of hydrogen-bond acceptors (Lipinski definition) is 5. The SMILES string of the molecule is CCCNCCCS(=O)(=O)CCS(C)(=O)=O. The Balaban J connectivity index is 3.80. The first kappa shape index (κ1) is 15.9. The van der Waals surface area contributed by atoms with Crippen molar-refractivity contribution in [3.63, 3.8) is 0 Å². The smallest absolute Gasteiger partial charge is 0.151 e. The van der Waals surface area contributed by atoms with Crippen LogP contribution in [0.15, 0.2) is 0 Å². The first-order valence-electron chi connectivity index (χ1n) is 5.36. The number of hydrogen-bond donors (Lipinski definition) is 1. The van der Waals surface area contributed by atoms with Gasteiger partial charge in [0, 0.05) is 6.26 Å². The molecule has 0 aromatic carbocycles. The van der Waals surface area contributed by atoms with E-state index in [1.807, 2.05) is 6.92 Å². The molecule has 0 aliphatic heterocycles. The molecule has 0 spiro atoms. The monoisotopic (exact) mass is 271 g/mol. The summed E-state index contributed by atoms with van der Waals surface area (Å²) in [5.74, 6) is -0.490. The summed E-state index contributed by atoms with van der Waals surface area (Å²) in [6, 6.07) is 0. The molecule has 0 bridgehead atoms. The van der Waals surface area contributed by atoms with E-state index < -0.39 is 19.7 Å². The minimum atomic E-state index is -3.22. The maximum absolute atomic E-state index is 11.4. The molecule has 0 amide bonds. The molecule has 98 valence electrons. The summed E-state index contributed by atoms with van der Waals surface area (Å²) in [7, 11) is -6.41. The molecule has 0 heterocycles. The standard InChI is InChI=1S/C9H21NO4S2/c1-3-5-10-6-4-7-16(13,14)9-8-15(2,11)12/h10H,3-9H2,1-2H3. The van der Waals surface area contributed by atoms with Crippen LogP contribution in [0.4, 0.5) is 0 Å². The third kappa shape index (κ3) is 10.4. The molecule has 0 unspecified atom stereocenters. The molecule has 0 fully saturated rings. The second-order valence-corrected chi connectivity index (χ2v) is 8.45. The highest BCUT2D eigenvalue weighted by Crippen LogP contribution is 1.96. The lowest BCUT2D eigenvalue weighted by Crippen LogP contribution is -2.22. The average molecular weight is 271 g/mol. The average Bonchev–Trinajstić information content (AvgIpc) is 2.14. The Bertz CT molecular complexity index is 372. The Labute approximate surface area is 98.5 Å². The quantitative estimate of drug-likeness (QED) is 0.589. The van der Waals surface area contributed by atoms with Gasteiger partial charge in [0.05, 0.1) is 17.3 Å². The van der Waals surface area contributed by atoms with Crippen LogP contribution in [0.1, 0.15) is 19.8 Å². The molecule has 16 heavy (non-hydrogen) atoms. The second-order valence-electron chi connectivity index (χ2n) is 3.89. The highest BCUT2D eigenvalue weighted by atomic mass is 32.2. The normalized spacial score (nSPS) is 12.9. The van der Waals surface area contributed by atoms with E-state index >= 15 is 0 Å². The van der Waals surface area contributed by atoms with Gasteiger partial charge < -0.3 is 5.32 Å². The van der Waals surface area contributed by atoms with Crippen LogP contribution in [0, 0.1) is 0 Å². The van der Waals surface area contributed by atoms with Crippen molar-refractivity contribution >= 4 is 19.7 Å². The van der Waals surface area contributed by atoms with Crippen LogP contribution in [-0.4, -0.2) is 53.4 Å². The van der Waals surface area contributed by atoms with Crippen molar-refractivity contribution in [3.05, 3.63) is 0 Å². The summed E-state index contributed by atoms with van der Waals surface area (Å²) in [6.45, 7) is 3.57. The van der Waals surface area contributed by atoms with Crippen LogP contribution < -0.4 is 5.32 Å². The fourth-order valence-corrected chi connectivity index (χ4v) is 4.11. The largest absolute Gasteiger partial charge is 0.317 e. The Morgan fingerprint density at radius 1 is 0.938 bits per heavy atom. The van der Waals surface area contributed by atoms with Crippen molar-refractivity contribution in [2.75, 3.05) is 36.6 Å². The fraction of sp³-hybridized carbons (Fsp3) is 1.00. The zero-order valence-electron chi connectivity index (χ0n) is 9.90. The summed E-state index contributed by atoms with van der Waals surface area (Å²) in [4.78, 5) is 0. The molecule has 0 atom stereocenters. The van der Waals surface area contributed by atoms with E-state index in [0.717, 1.165) is 19.2 Å². The lowest BCUT2D eigenvalue weighted by atomic mass is 10.4. The molecule has 0 rings (SSSR count). The van der Waals surface area contributed by atoms with E-state index in [9.17, 15) is 16.8 Å². The van der Waals surface area contributed by atoms with E-state index in [-0.39, 0.29) is 17.3 Å². The van der Waals surface area contributed by atoms with Gasteiger partial charge in [0.25, 0.3) is 0 Å². The van der Waals surface area contributed by atoms with Crippen LogP contribution in [-0.2, 0) is 19.7 Å². The highest BCUT2D eigenvalue weighted by Gasteiger charge is 2.13. The number of sulfone groups is 2. The molecule has 1 N–H and O–H groups in total. The molecule has 0 aromatic rings. The Hall–Kier alpha value is -0.140. The maximum Gasteiger partial charge on any atom is 0.151 e. The predicted molar refractivity (Wildman–Crippen MR) is 66.1 cm³/mol. The fourth-order valence-electron chi connectivity index (χ4n) is 1.10. The minimum Gasteiger partial charge on any atom is -0.317 e. The van der Waals surface area contributed by atoms with Crippen LogP contribution in [0.3, 0.4) is 0 Å². The van der Waals surface area contributed by atoms with Gasteiger partial charge in [-0.15, -0.1) is 0 Å². The van der Waals surface area contributed by atoms with Gasteiger partial charge >= 0.3 is 0 Å². The summed E-state index contributed by atoms with van der Waals surface area (Å²) in [5.41, 5.74) is 0. The van der Waals surface area contributed by atoms with Crippen LogP contribution in [0.5, 0.6) is 0 Å². The maximum atomic E-state index is 11.4. The molecule has 0 aromatic heterocycles. The Kier molecular flexibility index (Phi) is 7.17. The third-order valence-corrected chi connectivity index (χ3v) is 4.94. The van der Waals surface area contributed by atoms with Gasteiger partial charge in [0.2, 0.25) is 0 Å². The van der Waals surface area contributed by atoms with E-state index in [1.165, 1.54) is 0 Å². The Morgan fingerprint density at radius 3 is 2.06 bits per heavy atom. The summed E-state index contributed by atoms with van der Waals surface area (Å²) in [6.07, 6.45) is 2.60. The molecular formula is C9H21NO4S2. The van der Waals surface area contributed by atoms with Gasteiger partial charge in [0.15, 0.2) is 9.84 Å². The van der Waals surface area contributed by atoms with E-state index in [0.29, 0.717) is 13.0 Å². The van der Waals surface area contributed by atoms with E-state index in [2.05, 4.69) is 5.32 Å². The zero-order chi connectivity index (χ0) is 12.7. The topological polar surface area (TPSA) is 80.3 Å². The van der Waals surface area contributed by atoms with Crippen molar-refractivity contribution in [2.24, 2.45) is 0 Å². The first-order valence-corrected chi connectivity index (χ1v) is 9.24. The molecule has 0 saturated heterocycles. The van der Waals surface area contributed by atoms with Crippen molar-refractivity contribution in [1.29, 1.82) is 0 Å². The van der Waals surface area contributed by atoms with Crippen LogP contribution in [0.25, 0.3) is 0 Å². The predicted octanol–water partition coefficient (Wildman–Crippen LogP) is -0.164. The molecule has 0 aliphatic rings. The molecule has 7 heteroatoms. The van der Waals surface area contributed by atoms with Gasteiger partial charge in [-0.3, -0.25) is 0 Å². The van der Waals surface area contributed by atoms with Crippen LogP contribution in [0.2, 0.25) is 0 Å². The lowest BCUT2D eigenvalue weighted by Gasteiger charge is -2.04. The van der Waals surface area contributed by atoms with E-state index in [4.69, 9.17) is 0 Å². The third-order valence-electron chi connectivity index (χ3n) is 2.00. The van der Waals surface area contributed by atoms with Crippen LogP contribution >= 0.6 is 0 Å².